The number of methoxy groups -OCH3 is 2. The highest BCUT2D eigenvalue weighted by atomic mass is 16.5. The van der Waals surface area contributed by atoms with Crippen molar-refractivity contribution in [1.29, 1.82) is 0 Å². The van der Waals surface area contributed by atoms with Gasteiger partial charge in [0, 0.05) is 6.42 Å². The summed E-state index contributed by atoms with van der Waals surface area (Å²) in [5.41, 5.74) is 1.40. The summed E-state index contributed by atoms with van der Waals surface area (Å²) in [7, 11) is 2.67. The van der Waals surface area contributed by atoms with Gasteiger partial charge in [-0.25, -0.2) is 4.79 Å². The monoisotopic (exact) mass is 401 g/mol. The van der Waals surface area contributed by atoms with Crippen LogP contribution in [0.3, 0.4) is 0 Å². The third-order valence-corrected chi connectivity index (χ3v) is 4.07. The molecule has 0 radical (unpaired) electrons. The number of ether oxygens (including phenoxy) is 3. The third-order valence-electron chi connectivity index (χ3n) is 4.07. The molecule has 0 aliphatic rings. The first-order valence-corrected chi connectivity index (χ1v) is 8.88. The van der Waals surface area contributed by atoms with Crippen LogP contribution in [0.5, 0.6) is 11.5 Å². The second-order valence-corrected chi connectivity index (χ2v) is 6.10. The fourth-order valence-corrected chi connectivity index (χ4v) is 2.57. The fourth-order valence-electron chi connectivity index (χ4n) is 2.57. The van der Waals surface area contributed by atoms with E-state index in [4.69, 9.17) is 19.3 Å². The minimum atomic E-state index is -1.10. The van der Waals surface area contributed by atoms with E-state index in [1.165, 1.54) is 14.2 Å². The molecule has 0 aliphatic heterocycles. The van der Waals surface area contributed by atoms with E-state index in [2.05, 4.69) is 5.32 Å². The van der Waals surface area contributed by atoms with E-state index in [0.717, 1.165) is 5.56 Å². The Kier molecular flexibility index (Phi) is 8.02. The van der Waals surface area contributed by atoms with E-state index in [1.807, 2.05) is 30.3 Å². The number of hydrogen-bond acceptors (Lipinski definition) is 6. The van der Waals surface area contributed by atoms with Crippen molar-refractivity contribution in [2.45, 2.75) is 25.5 Å². The summed E-state index contributed by atoms with van der Waals surface area (Å²) in [6, 6.07) is 13.3. The molecule has 1 amide bonds. The van der Waals surface area contributed by atoms with Crippen LogP contribution in [0, 0.1) is 0 Å². The zero-order chi connectivity index (χ0) is 21.2. The topological polar surface area (TPSA) is 111 Å². The van der Waals surface area contributed by atoms with Crippen LogP contribution < -0.4 is 14.8 Å². The van der Waals surface area contributed by atoms with Crippen molar-refractivity contribution in [2.24, 2.45) is 0 Å². The normalized spacial score (nSPS) is 11.2. The number of carbonyl (C=O) groups is 3. The summed E-state index contributed by atoms with van der Waals surface area (Å²) in [6.07, 6.45) is -0.590. The van der Waals surface area contributed by atoms with Crippen LogP contribution in [0.2, 0.25) is 0 Å². The maximum Gasteiger partial charge on any atom is 0.333 e. The highest BCUT2D eigenvalue weighted by molar-refractivity contribution is 5.87. The Labute approximate surface area is 168 Å². The molecule has 0 saturated heterocycles. The van der Waals surface area contributed by atoms with Crippen molar-refractivity contribution in [3.8, 4) is 11.5 Å². The van der Waals surface area contributed by atoms with Gasteiger partial charge in [-0.1, -0.05) is 36.4 Å². The van der Waals surface area contributed by atoms with E-state index in [-0.39, 0.29) is 12.8 Å². The summed E-state index contributed by atoms with van der Waals surface area (Å²) in [4.78, 5) is 34.8. The number of nitrogens with one attached hydrogen (secondary N) is 1. The molecule has 8 nitrogen and oxygen atoms in total. The van der Waals surface area contributed by atoms with Gasteiger partial charge in [0.15, 0.2) is 17.5 Å². The van der Waals surface area contributed by atoms with E-state index in [1.54, 1.807) is 18.2 Å². The van der Waals surface area contributed by atoms with Crippen LogP contribution in [-0.2, 0) is 25.7 Å². The van der Waals surface area contributed by atoms with Crippen molar-refractivity contribution >= 4 is 17.8 Å². The quantitative estimate of drug-likeness (QED) is 0.588. The molecule has 0 fully saturated rings. The highest BCUT2D eigenvalue weighted by Crippen LogP contribution is 2.31. The highest BCUT2D eigenvalue weighted by Gasteiger charge is 2.25. The van der Waals surface area contributed by atoms with Crippen molar-refractivity contribution in [2.75, 3.05) is 14.2 Å². The standard InChI is InChI=1S/C21H23NO7/c1-27-17-12-15(8-9-16(17)29-13-14-6-4-3-5-7-14)20(21(26)28-2)22-18(23)10-11-19(24)25/h3-9,12,20H,10-11,13H2,1-2H3,(H,22,23)(H,24,25). The van der Waals surface area contributed by atoms with Crippen molar-refractivity contribution in [1.82, 2.24) is 5.32 Å². The first-order chi connectivity index (χ1) is 13.9. The van der Waals surface area contributed by atoms with Crippen LogP contribution in [0.25, 0.3) is 0 Å². The minimum absolute atomic E-state index is 0.252. The van der Waals surface area contributed by atoms with Crippen LogP contribution in [-0.4, -0.2) is 37.2 Å². The summed E-state index contributed by atoms with van der Waals surface area (Å²) in [6.45, 7) is 0.336. The second-order valence-electron chi connectivity index (χ2n) is 6.10. The van der Waals surface area contributed by atoms with Crippen molar-refractivity contribution in [3.05, 3.63) is 59.7 Å². The van der Waals surface area contributed by atoms with Crippen LogP contribution >= 0.6 is 0 Å². The van der Waals surface area contributed by atoms with Gasteiger partial charge in [-0.2, -0.15) is 0 Å². The fraction of sp³-hybridized carbons (Fsp3) is 0.286. The Morgan fingerprint density at radius 1 is 1.00 bits per heavy atom. The first kappa shape index (κ1) is 21.7. The minimum Gasteiger partial charge on any atom is -0.493 e. The summed E-state index contributed by atoms with van der Waals surface area (Å²) in [5, 5.41) is 11.2. The van der Waals surface area contributed by atoms with Crippen molar-refractivity contribution in [3.63, 3.8) is 0 Å². The number of rotatable bonds is 10. The third kappa shape index (κ3) is 6.53. The van der Waals surface area contributed by atoms with Crippen LogP contribution in [0.15, 0.2) is 48.5 Å². The lowest BCUT2D eigenvalue weighted by Gasteiger charge is -2.19. The zero-order valence-electron chi connectivity index (χ0n) is 16.2. The summed E-state index contributed by atoms with van der Waals surface area (Å²) in [5.74, 6) is -1.51. The van der Waals surface area contributed by atoms with Crippen LogP contribution in [0.1, 0.15) is 30.0 Å². The second kappa shape index (κ2) is 10.7. The molecule has 8 heteroatoms. The Balaban J connectivity index is 2.17. The van der Waals surface area contributed by atoms with Gasteiger partial charge < -0.3 is 24.6 Å². The Morgan fingerprint density at radius 3 is 2.34 bits per heavy atom. The van der Waals surface area contributed by atoms with Crippen molar-refractivity contribution < 1.29 is 33.7 Å². The average Bonchev–Trinajstić information content (AvgIpc) is 2.74. The number of esters is 1. The van der Waals surface area contributed by atoms with Gasteiger partial charge in [-0.3, -0.25) is 9.59 Å². The van der Waals surface area contributed by atoms with E-state index < -0.39 is 23.9 Å². The maximum atomic E-state index is 12.2. The zero-order valence-corrected chi connectivity index (χ0v) is 16.2. The summed E-state index contributed by atoms with van der Waals surface area (Å²) < 4.78 is 15.9. The van der Waals surface area contributed by atoms with Gasteiger partial charge in [0.05, 0.1) is 20.6 Å². The molecule has 2 rings (SSSR count). The lowest BCUT2D eigenvalue weighted by atomic mass is 10.1. The van der Waals surface area contributed by atoms with Gasteiger partial charge in [0.1, 0.15) is 6.61 Å². The van der Waals surface area contributed by atoms with Gasteiger partial charge in [-0.05, 0) is 23.3 Å². The van der Waals surface area contributed by atoms with E-state index in [0.29, 0.717) is 23.7 Å². The lowest BCUT2D eigenvalue weighted by Crippen LogP contribution is -2.34. The van der Waals surface area contributed by atoms with Gasteiger partial charge >= 0.3 is 11.9 Å². The van der Waals surface area contributed by atoms with E-state index >= 15 is 0 Å². The van der Waals surface area contributed by atoms with Gasteiger partial charge in [0.25, 0.3) is 0 Å². The number of carboxylic acid groups (broad SMARTS) is 1. The molecule has 1 unspecified atom stereocenters. The number of amides is 1. The molecule has 0 bridgehead atoms. The molecule has 2 N–H and O–H groups in total. The SMILES string of the molecule is COC(=O)C(NC(=O)CCC(=O)O)c1ccc(OCc2ccccc2)c(OC)c1. The first-order valence-electron chi connectivity index (χ1n) is 8.88. The molecule has 29 heavy (non-hydrogen) atoms. The molecule has 0 saturated carbocycles. The molecular weight excluding hydrogens is 378 g/mol. The molecule has 154 valence electrons. The Bertz CT molecular complexity index is 851. The average molecular weight is 401 g/mol. The van der Waals surface area contributed by atoms with E-state index in [9.17, 15) is 14.4 Å². The predicted molar refractivity (Wildman–Crippen MR) is 104 cm³/mol. The molecule has 0 spiro atoms. The van der Waals surface area contributed by atoms with Gasteiger partial charge in [0.2, 0.25) is 5.91 Å². The summed E-state index contributed by atoms with van der Waals surface area (Å²) >= 11 is 0. The molecule has 0 aromatic heterocycles. The van der Waals surface area contributed by atoms with Crippen LogP contribution in [0.4, 0.5) is 0 Å². The Hall–Kier alpha value is -3.55. The largest absolute Gasteiger partial charge is 0.493 e. The number of hydrogen-bond donors (Lipinski definition) is 2. The molecular formula is C21H23NO7. The number of carbonyl (C=O) groups excluding carboxylic acids is 2. The molecule has 2 aromatic carbocycles. The Morgan fingerprint density at radius 2 is 1.72 bits per heavy atom. The number of carboxylic acids is 1. The van der Waals surface area contributed by atoms with Gasteiger partial charge in [-0.15, -0.1) is 0 Å². The number of aliphatic carboxylic acids is 1. The maximum absolute atomic E-state index is 12.2. The molecule has 1 atom stereocenters. The molecule has 0 heterocycles. The molecule has 2 aromatic rings. The molecule has 0 aliphatic carbocycles. The predicted octanol–water partition coefficient (Wildman–Crippen LogP) is 2.47. The smallest absolute Gasteiger partial charge is 0.333 e. The number of benzene rings is 2. The lowest BCUT2D eigenvalue weighted by molar-refractivity contribution is -0.145.